The van der Waals surface area contributed by atoms with Gasteiger partial charge in [-0.1, -0.05) is 12.1 Å². The molecule has 0 heterocycles. The molecule has 0 saturated carbocycles. The number of hydrogen-bond acceptors (Lipinski definition) is 3. The molecule has 2 aromatic rings. The highest BCUT2D eigenvalue weighted by Crippen LogP contribution is 2.18. The lowest BCUT2D eigenvalue weighted by atomic mass is 10.2. The topological polar surface area (TPSA) is 67.4 Å². The van der Waals surface area contributed by atoms with Crippen LogP contribution in [0.2, 0.25) is 0 Å². The van der Waals surface area contributed by atoms with Crippen LogP contribution in [0.4, 0.5) is 17.6 Å². The Kier molecular flexibility index (Phi) is 6.75. The van der Waals surface area contributed by atoms with Crippen LogP contribution in [0, 0.1) is 5.82 Å². The Balaban J connectivity index is 1.73. The molecule has 0 spiro atoms. The second kappa shape index (κ2) is 9.02. The van der Waals surface area contributed by atoms with Gasteiger partial charge in [0.1, 0.15) is 11.6 Å². The number of nitrogens with one attached hydrogen (secondary N) is 2. The maximum Gasteiger partial charge on any atom is 0.422 e. The lowest BCUT2D eigenvalue weighted by Crippen LogP contribution is -2.36. The van der Waals surface area contributed by atoms with Gasteiger partial charge in [-0.15, -0.1) is 0 Å². The summed E-state index contributed by atoms with van der Waals surface area (Å²) in [6, 6.07) is 10.6. The van der Waals surface area contributed by atoms with Gasteiger partial charge < -0.3 is 15.4 Å². The molecule has 2 rings (SSSR count). The summed E-state index contributed by atoms with van der Waals surface area (Å²) in [5.41, 5.74) is 0.867. The molecule has 0 aliphatic carbocycles. The number of hydrogen-bond donors (Lipinski definition) is 2. The van der Waals surface area contributed by atoms with Crippen molar-refractivity contribution in [2.75, 3.05) is 13.2 Å². The highest BCUT2D eigenvalue weighted by Gasteiger charge is 2.28. The van der Waals surface area contributed by atoms with Crippen molar-refractivity contribution >= 4 is 11.8 Å². The average molecular weight is 384 g/mol. The molecule has 0 atom stereocenters. The molecule has 0 aliphatic rings. The first kappa shape index (κ1) is 20.2. The Bertz CT molecular complexity index is 775. The van der Waals surface area contributed by atoms with Crippen molar-refractivity contribution in [3.8, 4) is 5.75 Å². The summed E-state index contributed by atoms with van der Waals surface area (Å²) in [5.74, 6) is -1.38. The van der Waals surface area contributed by atoms with Crippen molar-refractivity contribution in [2.24, 2.45) is 0 Å². The number of halogens is 4. The van der Waals surface area contributed by atoms with Crippen LogP contribution in [0.25, 0.3) is 0 Å². The zero-order valence-electron chi connectivity index (χ0n) is 14.0. The molecule has 2 N–H and O–H groups in total. The minimum Gasteiger partial charge on any atom is -0.484 e. The van der Waals surface area contributed by atoms with Crippen molar-refractivity contribution < 1.29 is 31.9 Å². The smallest absolute Gasteiger partial charge is 0.422 e. The number of amides is 2. The number of ether oxygens (including phenoxy) is 1. The van der Waals surface area contributed by atoms with Gasteiger partial charge in [-0.25, -0.2) is 4.39 Å². The predicted molar refractivity (Wildman–Crippen MR) is 88.6 cm³/mol. The van der Waals surface area contributed by atoms with Crippen LogP contribution in [0.3, 0.4) is 0 Å². The lowest BCUT2D eigenvalue weighted by Gasteiger charge is -2.10. The van der Waals surface area contributed by atoms with E-state index in [2.05, 4.69) is 15.4 Å². The first-order chi connectivity index (χ1) is 12.7. The van der Waals surface area contributed by atoms with Gasteiger partial charge in [-0.05, 0) is 42.0 Å². The third-order valence-electron chi connectivity index (χ3n) is 3.33. The van der Waals surface area contributed by atoms with E-state index >= 15 is 0 Å². The minimum atomic E-state index is -4.41. The van der Waals surface area contributed by atoms with Crippen molar-refractivity contribution in [3.05, 3.63) is 65.5 Å². The zero-order chi connectivity index (χ0) is 19.9. The molecule has 2 amide bonds. The Labute approximate surface area is 152 Å². The van der Waals surface area contributed by atoms with Crippen LogP contribution in [0.5, 0.6) is 5.75 Å². The highest BCUT2D eigenvalue weighted by atomic mass is 19.4. The molecule has 2 aromatic carbocycles. The van der Waals surface area contributed by atoms with Crippen LogP contribution in [0.15, 0.2) is 48.5 Å². The minimum absolute atomic E-state index is 0.0639. The molecule has 5 nitrogen and oxygen atoms in total. The van der Waals surface area contributed by atoms with Gasteiger partial charge in [-0.3, -0.25) is 9.59 Å². The number of rotatable bonds is 7. The van der Waals surface area contributed by atoms with Crippen LogP contribution in [-0.2, 0) is 11.3 Å². The fourth-order valence-electron chi connectivity index (χ4n) is 2.00. The van der Waals surface area contributed by atoms with E-state index in [0.717, 1.165) is 12.1 Å². The van der Waals surface area contributed by atoms with Gasteiger partial charge in [0, 0.05) is 12.1 Å². The van der Waals surface area contributed by atoms with Crippen LogP contribution < -0.4 is 15.4 Å². The van der Waals surface area contributed by atoms with Crippen LogP contribution in [0.1, 0.15) is 15.9 Å². The monoisotopic (exact) mass is 384 g/mol. The molecule has 0 bridgehead atoms. The summed E-state index contributed by atoms with van der Waals surface area (Å²) in [7, 11) is 0. The van der Waals surface area contributed by atoms with E-state index in [-0.39, 0.29) is 24.4 Å². The van der Waals surface area contributed by atoms with E-state index in [1.54, 1.807) is 0 Å². The molecule has 0 aliphatic heterocycles. The maximum atomic E-state index is 12.8. The first-order valence-electron chi connectivity index (χ1n) is 7.82. The summed E-state index contributed by atoms with van der Waals surface area (Å²) in [6.45, 7) is -1.52. The fraction of sp³-hybridized carbons (Fsp3) is 0.222. The van der Waals surface area contributed by atoms with E-state index < -0.39 is 30.4 Å². The number of alkyl halides is 3. The van der Waals surface area contributed by atoms with Gasteiger partial charge in [0.15, 0.2) is 6.61 Å². The summed E-state index contributed by atoms with van der Waals surface area (Å²) in [4.78, 5) is 23.5. The van der Waals surface area contributed by atoms with E-state index in [0.29, 0.717) is 5.56 Å². The van der Waals surface area contributed by atoms with E-state index in [1.165, 1.54) is 36.4 Å². The van der Waals surface area contributed by atoms with Crippen molar-refractivity contribution in [2.45, 2.75) is 12.7 Å². The first-order valence-corrected chi connectivity index (χ1v) is 7.82. The van der Waals surface area contributed by atoms with Crippen LogP contribution in [-0.4, -0.2) is 31.1 Å². The van der Waals surface area contributed by atoms with Gasteiger partial charge in [-0.2, -0.15) is 13.2 Å². The van der Waals surface area contributed by atoms with Gasteiger partial charge in [0.05, 0.1) is 6.54 Å². The number of carbonyl (C=O) groups is 2. The molecule has 144 valence electrons. The average Bonchev–Trinajstić information content (AvgIpc) is 2.63. The molecule has 0 unspecified atom stereocenters. The van der Waals surface area contributed by atoms with Crippen molar-refractivity contribution in [1.29, 1.82) is 0 Å². The van der Waals surface area contributed by atoms with Gasteiger partial charge >= 0.3 is 6.18 Å². The third-order valence-corrected chi connectivity index (χ3v) is 3.33. The van der Waals surface area contributed by atoms with Gasteiger partial charge in [0.2, 0.25) is 5.91 Å². The Hall–Kier alpha value is -3.10. The molecule has 0 saturated heterocycles. The van der Waals surface area contributed by atoms with E-state index in [9.17, 15) is 27.2 Å². The van der Waals surface area contributed by atoms with E-state index in [1.807, 2.05) is 0 Å². The number of benzene rings is 2. The van der Waals surface area contributed by atoms with E-state index in [4.69, 9.17) is 0 Å². The summed E-state index contributed by atoms with van der Waals surface area (Å²) in [5, 5.41) is 4.95. The van der Waals surface area contributed by atoms with Crippen molar-refractivity contribution in [1.82, 2.24) is 10.6 Å². The molecule has 0 radical (unpaired) electrons. The maximum absolute atomic E-state index is 12.8. The normalized spacial score (nSPS) is 11.0. The summed E-state index contributed by atoms with van der Waals surface area (Å²) < 4.78 is 53.6. The molecular weight excluding hydrogens is 368 g/mol. The highest BCUT2D eigenvalue weighted by molar-refractivity contribution is 5.96. The van der Waals surface area contributed by atoms with Crippen LogP contribution >= 0.6 is 0 Å². The quantitative estimate of drug-likeness (QED) is 0.722. The largest absolute Gasteiger partial charge is 0.484 e. The predicted octanol–water partition coefficient (Wildman–Crippen LogP) is 2.81. The second-order valence-electron chi connectivity index (χ2n) is 5.51. The molecule has 27 heavy (non-hydrogen) atoms. The zero-order valence-corrected chi connectivity index (χ0v) is 14.0. The van der Waals surface area contributed by atoms with Crippen molar-refractivity contribution in [3.63, 3.8) is 0 Å². The summed E-state index contributed by atoms with van der Waals surface area (Å²) in [6.07, 6.45) is -4.41. The van der Waals surface area contributed by atoms with Gasteiger partial charge in [0.25, 0.3) is 5.91 Å². The Morgan fingerprint density at radius 2 is 1.56 bits per heavy atom. The number of carbonyl (C=O) groups excluding carboxylic acids is 2. The lowest BCUT2D eigenvalue weighted by molar-refractivity contribution is -0.153. The third kappa shape index (κ3) is 7.35. The summed E-state index contributed by atoms with van der Waals surface area (Å²) >= 11 is 0. The standard InChI is InChI=1S/C18H16F4N2O3/c19-14-5-3-13(4-6-14)17(26)24-10-16(25)23-9-12-1-7-15(8-2-12)27-11-18(20,21)22/h1-8H,9-11H2,(H,23,25)(H,24,26). The SMILES string of the molecule is O=C(CNC(=O)c1ccc(F)cc1)NCc1ccc(OCC(F)(F)F)cc1. The molecule has 9 heteroatoms. The molecular formula is C18H16F4N2O3. The molecule has 0 aromatic heterocycles. The second-order valence-corrected chi connectivity index (χ2v) is 5.51. The molecule has 0 fully saturated rings. The Morgan fingerprint density at radius 1 is 0.926 bits per heavy atom. The fourth-order valence-corrected chi connectivity index (χ4v) is 2.00. The Morgan fingerprint density at radius 3 is 2.15 bits per heavy atom.